The van der Waals surface area contributed by atoms with E-state index in [9.17, 15) is 10.1 Å². The van der Waals surface area contributed by atoms with E-state index in [0.717, 1.165) is 0 Å². The molecule has 98 valence electrons. The van der Waals surface area contributed by atoms with Crippen molar-refractivity contribution in [2.75, 3.05) is 5.73 Å². The third-order valence-electron chi connectivity index (χ3n) is 2.36. The standard InChI is InChI=1S/C11H9ClN4O3/c1-6-4-7(16(17)18)2-3-8(6)19-11-9(12)10(13)14-5-15-11/h2-5H,1H3,(H2,13,14,15). The summed E-state index contributed by atoms with van der Waals surface area (Å²) in [6.07, 6.45) is 1.22. The van der Waals surface area contributed by atoms with E-state index in [2.05, 4.69) is 9.97 Å². The first-order valence-corrected chi connectivity index (χ1v) is 5.55. The number of ether oxygens (including phenoxy) is 1. The third-order valence-corrected chi connectivity index (χ3v) is 2.72. The second-order valence-electron chi connectivity index (χ2n) is 3.69. The predicted octanol–water partition coefficient (Wildman–Crippen LogP) is 2.72. The summed E-state index contributed by atoms with van der Waals surface area (Å²) in [6.45, 7) is 1.68. The van der Waals surface area contributed by atoms with Gasteiger partial charge in [-0.15, -0.1) is 0 Å². The molecule has 0 saturated carbocycles. The van der Waals surface area contributed by atoms with Crippen molar-refractivity contribution in [3.05, 3.63) is 45.2 Å². The zero-order valence-electron chi connectivity index (χ0n) is 9.83. The minimum absolute atomic E-state index is 0.0156. The van der Waals surface area contributed by atoms with E-state index in [4.69, 9.17) is 22.1 Å². The van der Waals surface area contributed by atoms with Crippen molar-refractivity contribution >= 4 is 23.1 Å². The second-order valence-corrected chi connectivity index (χ2v) is 4.06. The van der Waals surface area contributed by atoms with Crippen LogP contribution in [0.5, 0.6) is 11.6 Å². The fourth-order valence-electron chi connectivity index (χ4n) is 1.40. The summed E-state index contributed by atoms with van der Waals surface area (Å²) in [5.41, 5.74) is 6.09. The van der Waals surface area contributed by atoms with Gasteiger partial charge in [0.05, 0.1) is 4.92 Å². The third kappa shape index (κ3) is 2.71. The fourth-order valence-corrected chi connectivity index (χ4v) is 1.54. The molecule has 1 heterocycles. The number of nitrogen functional groups attached to an aromatic ring is 1. The lowest BCUT2D eigenvalue weighted by molar-refractivity contribution is -0.384. The zero-order chi connectivity index (χ0) is 14.0. The minimum Gasteiger partial charge on any atom is -0.437 e. The van der Waals surface area contributed by atoms with Gasteiger partial charge in [0, 0.05) is 12.1 Å². The summed E-state index contributed by atoms with van der Waals surface area (Å²) in [4.78, 5) is 17.7. The monoisotopic (exact) mass is 280 g/mol. The first-order valence-electron chi connectivity index (χ1n) is 5.18. The Bertz CT molecular complexity index is 648. The van der Waals surface area contributed by atoms with Crippen LogP contribution in [0.25, 0.3) is 0 Å². The topological polar surface area (TPSA) is 104 Å². The van der Waals surface area contributed by atoms with Crippen molar-refractivity contribution < 1.29 is 9.66 Å². The lowest BCUT2D eigenvalue weighted by atomic mass is 10.2. The molecule has 7 nitrogen and oxygen atoms in total. The number of aryl methyl sites for hydroxylation is 1. The van der Waals surface area contributed by atoms with Gasteiger partial charge in [0.25, 0.3) is 5.69 Å². The molecule has 0 aliphatic carbocycles. The first-order chi connectivity index (χ1) is 8.99. The number of nitrogens with zero attached hydrogens (tertiary/aromatic N) is 3. The van der Waals surface area contributed by atoms with Crippen molar-refractivity contribution in [3.8, 4) is 11.6 Å². The minimum atomic E-state index is -0.480. The molecule has 8 heteroatoms. The van der Waals surface area contributed by atoms with Crippen molar-refractivity contribution in [3.63, 3.8) is 0 Å². The summed E-state index contributed by atoms with van der Waals surface area (Å²) in [5.74, 6) is 0.614. The van der Waals surface area contributed by atoms with Crippen LogP contribution in [0, 0.1) is 17.0 Å². The molecule has 0 aliphatic rings. The molecule has 2 N–H and O–H groups in total. The molecule has 2 aromatic rings. The maximum atomic E-state index is 10.6. The van der Waals surface area contributed by atoms with E-state index in [1.165, 1.54) is 24.5 Å². The molecule has 19 heavy (non-hydrogen) atoms. The Labute approximate surface area is 113 Å². The molecule has 0 radical (unpaired) electrons. The highest BCUT2D eigenvalue weighted by Crippen LogP contribution is 2.32. The number of hydrogen-bond donors (Lipinski definition) is 1. The van der Waals surface area contributed by atoms with Crippen LogP contribution in [0.3, 0.4) is 0 Å². The number of nitro benzene ring substituents is 1. The molecule has 0 bridgehead atoms. The smallest absolute Gasteiger partial charge is 0.269 e. The predicted molar refractivity (Wildman–Crippen MR) is 69.4 cm³/mol. The number of halogens is 1. The summed E-state index contributed by atoms with van der Waals surface area (Å²) in [7, 11) is 0. The molecular formula is C11H9ClN4O3. The SMILES string of the molecule is Cc1cc([N+](=O)[O-])ccc1Oc1ncnc(N)c1Cl. The molecule has 0 atom stereocenters. The summed E-state index contributed by atoms with van der Waals surface area (Å²) < 4.78 is 5.47. The van der Waals surface area contributed by atoms with Crippen LogP contribution < -0.4 is 10.5 Å². The Kier molecular flexibility index (Phi) is 3.48. The Morgan fingerprint density at radius 2 is 2.16 bits per heavy atom. The second kappa shape index (κ2) is 5.07. The van der Waals surface area contributed by atoms with Gasteiger partial charge in [0.15, 0.2) is 0 Å². The number of nitrogens with two attached hydrogens (primary N) is 1. The zero-order valence-corrected chi connectivity index (χ0v) is 10.6. The first kappa shape index (κ1) is 13.0. The van der Waals surface area contributed by atoms with Crippen molar-refractivity contribution in [2.24, 2.45) is 0 Å². The van der Waals surface area contributed by atoms with E-state index in [1.54, 1.807) is 6.92 Å². The largest absolute Gasteiger partial charge is 0.437 e. The molecule has 0 fully saturated rings. The van der Waals surface area contributed by atoms with Crippen molar-refractivity contribution in [1.82, 2.24) is 9.97 Å². The Morgan fingerprint density at radius 1 is 1.42 bits per heavy atom. The fraction of sp³-hybridized carbons (Fsp3) is 0.0909. The van der Waals surface area contributed by atoms with Gasteiger partial charge >= 0.3 is 0 Å². The van der Waals surface area contributed by atoms with Crippen LogP contribution >= 0.6 is 11.6 Å². The van der Waals surface area contributed by atoms with Gasteiger partial charge < -0.3 is 10.5 Å². The normalized spacial score (nSPS) is 10.2. The van der Waals surface area contributed by atoms with Crippen molar-refractivity contribution in [1.29, 1.82) is 0 Å². The highest BCUT2D eigenvalue weighted by atomic mass is 35.5. The van der Waals surface area contributed by atoms with Gasteiger partial charge in [-0.05, 0) is 18.6 Å². The van der Waals surface area contributed by atoms with Crippen LogP contribution in [0.4, 0.5) is 11.5 Å². The summed E-state index contributed by atoms with van der Waals surface area (Å²) in [5, 5.41) is 10.7. The maximum Gasteiger partial charge on any atom is 0.269 e. The van der Waals surface area contributed by atoms with E-state index >= 15 is 0 Å². The molecule has 1 aromatic heterocycles. The summed E-state index contributed by atoms with van der Waals surface area (Å²) in [6, 6.07) is 4.21. The molecule has 0 aliphatic heterocycles. The number of benzene rings is 1. The molecule has 1 aromatic carbocycles. The summed E-state index contributed by atoms with van der Waals surface area (Å²) >= 11 is 5.89. The van der Waals surface area contributed by atoms with E-state index in [1.807, 2.05) is 0 Å². The van der Waals surface area contributed by atoms with Crippen LogP contribution in [-0.2, 0) is 0 Å². The Balaban J connectivity index is 2.34. The number of hydrogen-bond acceptors (Lipinski definition) is 6. The molecule has 0 amide bonds. The number of nitro groups is 1. The average Bonchev–Trinajstić information content (AvgIpc) is 2.37. The van der Waals surface area contributed by atoms with Crippen LogP contribution in [0.2, 0.25) is 5.02 Å². The number of non-ortho nitro benzene ring substituents is 1. The molecular weight excluding hydrogens is 272 g/mol. The lowest BCUT2D eigenvalue weighted by Crippen LogP contribution is -1.97. The van der Waals surface area contributed by atoms with Gasteiger partial charge in [0.2, 0.25) is 5.88 Å². The molecule has 0 saturated heterocycles. The Hall–Kier alpha value is -2.41. The highest BCUT2D eigenvalue weighted by Gasteiger charge is 2.13. The Morgan fingerprint density at radius 3 is 2.79 bits per heavy atom. The van der Waals surface area contributed by atoms with Crippen molar-refractivity contribution in [2.45, 2.75) is 6.92 Å². The van der Waals surface area contributed by atoms with E-state index in [-0.39, 0.29) is 22.4 Å². The maximum absolute atomic E-state index is 10.6. The van der Waals surface area contributed by atoms with Crippen LogP contribution in [0.1, 0.15) is 5.56 Å². The van der Waals surface area contributed by atoms with Crippen LogP contribution in [-0.4, -0.2) is 14.9 Å². The van der Waals surface area contributed by atoms with Gasteiger partial charge in [0.1, 0.15) is 22.9 Å². The quantitative estimate of drug-likeness (QED) is 0.684. The number of anilines is 1. The van der Waals surface area contributed by atoms with Gasteiger partial charge in [-0.3, -0.25) is 10.1 Å². The van der Waals surface area contributed by atoms with Crippen LogP contribution in [0.15, 0.2) is 24.5 Å². The number of aromatic nitrogens is 2. The lowest BCUT2D eigenvalue weighted by Gasteiger charge is -2.09. The highest BCUT2D eigenvalue weighted by molar-refractivity contribution is 6.34. The van der Waals surface area contributed by atoms with Gasteiger partial charge in [-0.1, -0.05) is 11.6 Å². The average molecular weight is 281 g/mol. The van der Waals surface area contributed by atoms with E-state index < -0.39 is 4.92 Å². The van der Waals surface area contributed by atoms with E-state index in [0.29, 0.717) is 11.3 Å². The molecule has 0 unspecified atom stereocenters. The van der Waals surface area contributed by atoms with Gasteiger partial charge in [-0.2, -0.15) is 4.98 Å². The van der Waals surface area contributed by atoms with Gasteiger partial charge in [-0.25, -0.2) is 4.98 Å². The molecule has 0 spiro atoms. The number of rotatable bonds is 3. The molecule has 2 rings (SSSR count).